The molecule has 31 heavy (non-hydrogen) atoms. The Morgan fingerprint density at radius 2 is 1.81 bits per heavy atom. The van der Waals surface area contributed by atoms with Gasteiger partial charge in [-0.25, -0.2) is 14.4 Å². The maximum absolute atomic E-state index is 13.6. The summed E-state index contributed by atoms with van der Waals surface area (Å²) in [6, 6.07) is 6.83. The van der Waals surface area contributed by atoms with Crippen LogP contribution < -0.4 is 9.64 Å². The largest absolute Gasteiger partial charge is 0.494 e. The first-order valence-corrected chi connectivity index (χ1v) is 10.1. The molecule has 1 aromatic carbocycles. The number of aryl methyl sites for hydroxylation is 2. The predicted octanol–water partition coefficient (Wildman–Crippen LogP) is 2.45. The second-order valence-electron chi connectivity index (χ2n) is 7.58. The Kier molecular flexibility index (Phi) is 5.83. The van der Waals surface area contributed by atoms with E-state index in [0.29, 0.717) is 43.4 Å². The fraction of sp³-hybridized carbons (Fsp3) is 0.364. The highest BCUT2D eigenvalue weighted by atomic mass is 19.1. The molecule has 0 bridgehead atoms. The van der Waals surface area contributed by atoms with Crippen LogP contribution in [0.25, 0.3) is 11.3 Å². The van der Waals surface area contributed by atoms with E-state index in [4.69, 9.17) is 4.74 Å². The third kappa shape index (κ3) is 4.50. The summed E-state index contributed by atoms with van der Waals surface area (Å²) in [6.45, 7) is 6.33. The number of aromatic nitrogens is 4. The van der Waals surface area contributed by atoms with Crippen molar-refractivity contribution in [3.8, 4) is 17.0 Å². The smallest absolute Gasteiger partial charge is 0.244 e. The number of rotatable bonds is 5. The summed E-state index contributed by atoms with van der Waals surface area (Å²) in [4.78, 5) is 25.4. The average Bonchev–Trinajstić information content (AvgIpc) is 3.16. The highest BCUT2D eigenvalue weighted by molar-refractivity contribution is 5.76. The standard InChI is InChI=1S/C22H25FN6O2/c1-15-10-17(4-5-19(15)23)20-11-16(2)29(26-20)14-21(30)27-6-8-28(9-7-27)22-24-12-18(31-3)13-25-22/h4-5,10-13H,6-9,14H2,1-3H3. The Hall–Kier alpha value is -3.49. The first-order chi connectivity index (χ1) is 14.9. The number of benzene rings is 1. The molecule has 4 rings (SSSR count). The number of anilines is 1. The molecular formula is C22H25FN6O2. The zero-order valence-electron chi connectivity index (χ0n) is 17.9. The molecule has 1 fully saturated rings. The summed E-state index contributed by atoms with van der Waals surface area (Å²) in [6.07, 6.45) is 3.28. The summed E-state index contributed by atoms with van der Waals surface area (Å²) < 4.78 is 20.3. The summed E-state index contributed by atoms with van der Waals surface area (Å²) >= 11 is 0. The van der Waals surface area contributed by atoms with E-state index in [1.165, 1.54) is 6.07 Å². The molecule has 3 aromatic rings. The van der Waals surface area contributed by atoms with Gasteiger partial charge in [-0.3, -0.25) is 9.48 Å². The molecular weight excluding hydrogens is 399 g/mol. The van der Waals surface area contributed by atoms with E-state index in [9.17, 15) is 9.18 Å². The molecule has 0 spiro atoms. The third-order valence-corrected chi connectivity index (χ3v) is 5.49. The van der Waals surface area contributed by atoms with Gasteiger partial charge in [-0.15, -0.1) is 0 Å². The first kappa shape index (κ1) is 20.8. The topological polar surface area (TPSA) is 76.4 Å². The number of hydrogen-bond donors (Lipinski definition) is 0. The van der Waals surface area contributed by atoms with Crippen LogP contribution in [0.4, 0.5) is 10.3 Å². The normalized spacial score (nSPS) is 14.1. The highest BCUT2D eigenvalue weighted by Gasteiger charge is 2.23. The van der Waals surface area contributed by atoms with Gasteiger partial charge in [-0.05, 0) is 43.7 Å². The van der Waals surface area contributed by atoms with Crippen LogP contribution in [-0.2, 0) is 11.3 Å². The van der Waals surface area contributed by atoms with Crippen LogP contribution in [0.15, 0.2) is 36.7 Å². The van der Waals surface area contributed by atoms with Gasteiger partial charge in [0, 0.05) is 37.4 Å². The molecule has 1 amide bonds. The van der Waals surface area contributed by atoms with Crippen molar-refractivity contribution in [3.05, 3.63) is 53.7 Å². The molecule has 0 radical (unpaired) electrons. The number of hydrogen-bond acceptors (Lipinski definition) is 6. The van der Waals surface area contributed by atoms with Gasteiger partial charge in [0.1, 0.15) is 12.4 Å². The van der Waals surface area contributed by atoms with Crippen molar-refractivity contribution in [3.63, 3.8) is 0 Å². The van der Waals surface area contributed by atoms with E-state index < -0.39 is 0 Å². The maximum atomic E-state index is 13.6. The fourth-order valence-corrected chi connectivity index (χ4v) is 3.58. The lowest BCUT2D eigenvalue weighted by molar-refractivity contribution is -0.132. The van der Waals surface area contributed by atoms with Crippen molar-refractivity contribution in [2.75, 3.05) is 38.2 Å². The van der Waals surface area contributed by atoms with E-state index in [2.05, 4.69) is 20.0 Å². The van der Waals surface area contributed by atoms with Crippen molar-refractivity contribution in [2.24, 2.45) is 0 Å². The van der Waals surface area contributed by atoms with Crippen LogP contribution in [0.5, 0.6) is 5.75 Å². The highest BCUT2D eigenvalue weighted by Crippen LogP contribution is 2.22. The van der Waals surface area contributed by atoms with Crippen LogP contribution in [0.3, 0.4) is 0 Å². The Bertz CT molecular complexity index is 1070. The monoisotopic (exact) mass is 424 g/mol. The van der Waals surface area contributed by atoms with Crippen molar-refractivity contribution < 1.29 is 13.9 Å². The van der Waals surface area contributed by atoms with Gasteiger partial charge < -0.3 is 14.5 Å². The van der Waals surface area contributed by atoms with E-state index in [1.807, 2.05) is 17.9 Å². The van der Waals surface area contributed by atoms with Crippen molar-refractivity contribution in [2.45, 2.75) is 20.4 Å². The number of nitrogens with zero attached hydrogens (tertiary/aromatic N) is 6. The number of ether oxygens (including phenoxy) is 1. The summed E-state index contributed by atoms with van der Waals surface area (Å²) in [5, 5.41) is 4.57. The summed E-state index contributed by atoms with van der Waals surface area (Å²) in [7, 11) is 1.58. The van der Waals surface area contributed by atoms with Crippen LogP contribution in [-0.4, -0.2) is 63.8 Å². The Morgan fingerprint density at radius 1 is 1.10 bits per heavy atom. The molecule has 1 saturated heterocycles. The minimum Gasteiger partial charge on any atom is -0.494 e. The number of carbonyl (C=O) groups is 1. The minimum atomic E-state index is -0.241. The van der Waals surface area contributed by atoms with Crippen LogP contribution >= 0.6 is 0 Å². The van der Waals surface area contributed by atoms with E-state index in [0.717, 1.165) is 17.0 Å². The first-order valence-electron chi connectivity index (χ1n) is 10.1. The lowest BCUT2D eigenvalue weighted by Crippen LogP contribution is -2.50. The summed E-state index contributed by atoms with van der Waals surface area (Å²) in [5.41, 5.74) is 3.02. The number of halogens is 1. The molecule has 0 N–H and O–H groups in total. The minimum absolute atomic E-state index is 0.0170. The Balaban J connectivity index is 1.37. The van der Waals surface area contributed by atoms with E-state index in [1.54, 1.807) is 43.2 Å². The molecule has 162 valence electrons. The van der Waals surface area contributed by atoms with E-state index in [-0.39, 0.29) is 18.3 Å². The van der Waals surface area contributed by atoms with Gasteiger partial charge in [0.15, 0.2) is 5.75 Å². The van der Waals surface area contributed by atoms with Crippen molar-refractivity contribution in [1.29, 1.82) is 0 Å². The lowest BCUT2D eigenvalue weighted by atomic mass is 10.1. The van der Waals surface area contributed by atoms with Gasteiger partial charge in [0.2, 0.25) is 11.9 Å². The fourth-order valence-electron chi connectivity index (χ4n) is 3.58. The number of amides is 1. The maximum Gasteiger partial charge on any atom is 0.244 e. The number of piperazine rings is 1. The zero-order valence-corrected chi connectivity index (χ0v) is 17.9. The third-order valence-electron chi connectivity index (χ3n) is 5.49. The van der Waals surface area contributed by atoms with Gasteiger partial charge in [0.25, 0.3) is 0 Å². The quantitative estimate of drug-likeness (QED) is 0.626. The van der Waals surface area contributed by atoms with Gasteiger partial charge in [-0.2, -0.15) is 5.10 Å². The molecule has 9 heteroatoms. The molecule has 8 nitrogen and oxygen atoms in total. The molecule has 0 aliphatic carbocycles. The van der Waals surface area contributed by atoms with Crippen LogP contribution in [0.1, 0.15) is 11.3 Å². The molecule has 2 aromatic heterocycles. The Morgan fingerprint density at radius 3 is 2.45 bits per heavy atom. The second-order valence-corrected chi connectivity index (χ2v) is 7.58. The zero-order chi connectivity index (χ0) is 22.0. The van der Waals surface area contributed by atoms with Crippen molar-refractivity contribution in [1.82, 2.24) is 24.6 Å². The molecule has 1 aliphatic rings. The molecule has 0 atom stereocenters. The van der Waals surface area contributed by atoms with Crippen LogP contribution in [0.2, 0.25) is 0 Å². The van der Waals surface area contributed by atoms with Crippen molar-refractivity contribution >= 4 is 11.9 Å². The molecule has 0 unspecified atom stereocenters. The second kappa shape index (κ2) is 8.71. The van der Waals surface area contributed by atoms with Gasteiger partial charge >= 0.3 is 0 Å². The van der Waals surface area contributed by atoms with Gasteiger partial charge in [0.05, 0.1) is 25.2 Å². The molecule has 0 saturated carbocycles. The lowest BCUT2D eigenvalue weighted by Gasteiger charge is -2.34. The molecule has 1 aliphatic heterocycles. The average molecular weight is 424 g/mol. The summed E-state index contributed by atoms with van der Waals surface area (Å²) in [5.74, 6) is 1.02. The SMILES string of the molecule is COc1cnc(N2CCN(C(=O)Cn3nc(-c4ccc(F)c(C)c4)cc3C)CC2)nc1. The van der Waals surface area contributed by atoms with Gasteiger partial charge in [-0.1, -0.05) is 0 Å². The Labute approximate surface area is 180 Å². The number of carbonyl (C=O) groups excluding carboxylic acids is 1. The van der Waals surface area contributed by atoms with Crippen LogP contribution in [0, 0.1) is 19.7 Å². The number of methoxy groups -OCH3 is 1. The van der Waals surface area contributed by atoms with E-state index >= 15 is 0 Å². The molecule has 3 heterocycles. The predicted molar refractivity (Wildman–Crippen MR) is 114 cm³/mol.